The van der Waals surface area contributed by atoms with Crippen LogP contribution in [0.1, 0.15) is 30.6 Å². The highest BCUT2D eigenvalue weighted by atomic mass is 79.9. The van der Waals surface area contributed by atoms with Crippen LogP contribution < -0.4 is 5.32 Å². The van der Waals surface area contributed by atoms with Gasteiger partial charge >= 0.3 is 0 Å². The number of aromatic nitrogens is 3. The monoisotopic (exact) mass is 360 g/mol. The Morgan fingerprint density at radius 2 is 2.25 bits per heavy atom. The van der Waals surface area contributed by atoms with Crippen molar-refractivity contribution in [3.8, 4) is 0 Å². The molecule has 2 rings (SSSR count). The summed E-state index contributed by atoms with van der Waals surface area (Å²) >= 11 is 9.18. The van der Waals surface area contributed by atoms with E-state index in [1.165, 1.54) is 6.07 Å². The molecule has 7 heteroatoms. The average molecular weight is 362 g/mol. The molecule has 2 aromatic rings. The minimum Gasteiger partial charge on any atom is -0.305 e. The van der Waals surface area contributed by atoms with E-state index >= 15 is 0 Å². The number of rotatable bonds is 5. The third-order valence-electron chi connectivity index (χ3n) is 2.97. The summed E-state index contributed by atoms with van der Waals surface area (Å²) in [5.74, 6) is -0.348. The first-order valence-corrected chi connectivity index (χ1v) is 7.45. The topological polar surface area (TPSA) is 42.7 Å². The highest BCUT2D eigenvalue weighted by Gasteiger charge is 2.24. The maximum absolute atomic E-state index is 14.2. The maximum Gasteiger partial charge on any atom is 0.153 e. The number of halogens is 3. The molecule has 0 bridgehead atoms. The van der Waals surface area contributed by atoms with E-state index in [4.69, 9.17) is 11.6 Å². The van der Waals surface area contributed by atoms with E-state index in [9.17, 15) is 4.39 Å². The second kappa shape index (κ2) is 6.65. The van der Waals surface area contributed by atoms with Gasteiger partial charge in [0.25, 0.3) is 0 Å². The van der Waals surface area contributed by atoms with Crippen molar-refractivity contribution in [2.75, 3.05) is 6.54 Å². The van der Waals surface area contributed by atoms with Crippen molar-refractivity contribution in [3.05, 3.63) is 44.9 Å². The molecule has 1 aromatic heterocycles. The fourth-order valence-electron chi connectivity index (χ4n) is 2.02. The van der Waals surface area contributed by atoms with Gasteiger partial charge in [0, 0.05) is 17.6 Å². The molecule has 0 radical (unpaired) electrons. The van der Waals surface area contributed by atoms with E-state index in [1.807, 2.05) is 0 Å². The molecule has 1 N–H and O–H groups in total. The van der Waals surface area contributed by atoms with Crippen molar-refractivity contribution >= 4 is 27.5 Å². The standard InChI is InChI=1S/C13H15BrClFN4/c1-3-6-17-11(12-13(14)18-19-20(12)2)9-5-4-8(15)7-10(9)16/h4-5,7,11,17H,3,6H2,1-2H3. The normalized spacial score (nSPS) is 12.7. The van der Waals surface area contributed by atoms with Crippen molar-refractivity contribution in [2.45, 2.75) is 19.4 Å². The lowest BCUT2D eigenvalue weighted by Crippen LogP contribution is -2.26. The summed E-state index contributed by atoms with van der Waals surface area (Å²) in [6.45, 7) is 2.81. The van der Waals surface area contributed by atoms with Gasteiger partial charge in [0.05, 0.1) is 11.7 Å². The fourth-order valence-corrected chi connectivity index (χ4v) is 2.74. The molecule has 0 aliphatic carbocycles. The highest BCUT2D eigenvalue weighted by molar-refractivity contribution is 9.10. The van der Waals surface area contributed by atoms with E-state index in [0.717, 1.165) is 18.7 Å². The molecule has 20 heavy (non-hydrogen) atoms. The lowest BCUT2D eigenvalue weighted by molar-refractivity contribution is 0.518. The molecule has 1 atom stereocenters. The fraction of sp³-hybridized carbons (Fsp3) is 0.385. The third kappa shape index (κ3) is 3.19. The van der Waals surface area contributed by atoms with Gasteiger partial charge < -0.3 is 5.32 Å². The van der Waals surface area contributed by atoms with Crippen LogP contribution in [0.3, 0.4) is 0 Å². The van der Waals surface area contributed by atoms with Crippen LogP contribution in [-0.4, -0.2) is 21.5 Å². The van der Waals surface area contributed by atoms with Crippen LogP contribution in [0.15, 0.2) is 22.8 Å². The van der Waals surface area contributed by atoms with Gasteiger partial charge in [-0.1, -0.05) is 29.8 Å². The van der Waals surface area contributed by atoms with Crippen molar-refractivity contribution in [3.63, 3.8) is 0 Å². The zero-order valence-corrected chi connectivity index (χ0v) is 13.5. The van der Waals surface area contributed by atoms with Gasteiger partial charge in [-0.05, 0) is 41.0 Å². The minimum atomic E-state index is -0.348. The summed E-state index contributed by atoms with van der Waals surface area (Å²) in [5.41, 5.74) is 1.30. The number of nitrogens with zero attached hydrogens (tertiary/aromatic N) is 3. The largest absolute Gasteiger partial charge is 0.305 e. The Kier molecular flexibility index (Phi) is 5.12. The van der Waals surface area contributed by atoms with E-state index in [2.05, 4.69) is 38.5 Å². The number of nitrogens with one attached hydrogen (secondary N) is 1. The average Bonchev–Trinajstić information content (AvgIpc) is 2.72. The molecule has 0 spiro atoms. The van der Waals surface area contributed by atoms with E-state index < -0.39 is 0 Å². The predicted octanol–water partition coefficient (Wildman–Crippen LogP) is 3.46. The molecule has 4 nitrogen and oxygen atoms in total. The number of benzene rings is 1. The Morgan fingerprint density at radius 3 is 2.80 bits per heavy atom. The van der Waals surface area contributed by atoms with Gasteiger partial charge in [0.1, 0.15) is 5.82 Å². The maximum atomic E-state index is 14.2. The number of hydrogen-bond donors (Lipinski definition) is 1. The number of aryl methyl sites for hydroxylation is 1. The summed E-state index contributed by atoms with van der Waals surface area (Å²) in [4.78, 5) is 0. The summed E-state index contributed by atoms with van der Waals surface area (Å²) in [5, 5.41) is 11.6. The van der Waals surface area contributed by atoms with Crippen molar-refractivity contribution < 1.29 is 4.39 Å². The Hall–Kier alpha value is -0.980. The molecular formula is C13H15BrClFN4. The molecular weight excluding hydrogens is 347 g/mol. The van der Waals surface area contributed by atoms with Crippen LogP contribution in [0.25, 0.3) is 0 Å². The molecule has 0 amide bonds. The van der Waals surface area contributed by atoms with Gasteiger partial charge in [-0.2, -0.15) is 0 Å². The van der Waals surface area contributed by atoms with E-state index in [-0.39, 0.29) is 11.9 Å². The molecule has 108 valence electrons. The van der Waals surface area contributed by atoms with E-state index in [1.54, 1.807) is 23.9 Å². The van der Waals surface area contributed by atoms with Gasteiger partial charge in [-0.25, -0.2) is 9.07 Å². The quantitative estimate of drug-likeness (QED) is 0.887. The molecule has 0 aliphatic heterocycles. The minimum absolute atomic E-state index is 0.332. The second-order valence-corrected chi connectivity index (χ2v) is 5.63. The Morgan fingerprint density at radius 1 is 1.50 bits per heavy atom. The molecule has 0 saturated carbocycles. The van der Waals surface area contributed by atoms with Crippen LogP contribution in [0.4, 0.5) is 4.39 Å². The van der Waals surface area contributed by atoms with Gasteiger partial charge in [0.2, 0.25) is 0 Å². The second-order valence-electron chi connectivity index (χ2n) is 4.44. The van der Waals surface area contributed by atoms with Crippen LogP contribution in [0, 0.1) is 5.82 Å². The molecule has 0 fully saturated rings. The lowest BCUT2D eigenvalue weighted by Gasteiger charge is -2.20. The molecule has 1 heterocycles. The first-order chi connectivity index (χ1) is 9.54. The van der Waals surface area contributed by atoms with E-state index in [0.29, 0.717) is 15.2 Å². The Bertz CT molecular complexity index is 583. The SMILES string of the molecule is CCCNC(c1ccc(Cl)cc1F)c1c(Br)nnn1C. The highest BCUT2D eigenvalue weighted by Crippen LogP contribution is 2.29. The molecule has 1 unspecified atom stereocenters. The third-order valence-corrected chi connectivity index (χ3v) is 3.77. The summed E-state index contributed by atoms with van der Waals surface area (Å²) in [6.07, 6.45) is 0.939. The van der Waals surface area contributed by atoms with Crippen molar-refractivity contribution in [1.82, 2.24) is 20.3 Å². The zero-order valence-electron chi connectivity index (χ0n) is 11.2. The molecule has 0 aliphatic rings. The number of hydrogen-bond acceptors (Lipinski definition) is 3. The molecule has 0 saturated heterocycles. The van der Waals surface area contributed by atoms with Gasteiger partial charge in [0.15, 0.2) is 4.60 Å². The first kappa shape index (κ1) is 15.4. The van der Waals surface area contributed by atoms with Gasteiger partial charge in [-0.15, -0.1) is 5.10 Å². The first-order valence-electron chi connectivity index (χ1n) is 6.28. The smallest absolute Gasteiger partial charge is 0.153 e. The summed E-state index contributed by atoms with van der Waals surface area (Å²) in [7, 11) is 1.78. The zero-order chi connectivity index (χ0) is 14.7. The van der Waals surface area contributed by atoms with Crippen LogP contribution in [0.2, 0.25) is 5.02 Å². The Balaban J connectivity index is 2.47. The lowest BCUT2D eigenvalue weighted by atomic mass is 10.0. The molecule has 1 aromatic carbocycles. The van der Waals surface area contributed by atoms with Crippen LogP contribution in [-0.2, 0) is 7.05 Å². The van der Waals surface area contributed by atoms with Crippen molar-refractivity contribution in [2.24, 2.45) is 7.05 Å². The Labute approximate surface area is 130 Å². The van der Waals surface area contributed by atoms with Gasteiger partial charge in [-0.3, -0.25) is 0 Å². The predicted molar refractivity (Wildman–Crippen MR) is 80.2 cm³/mol. The summed E-state index contributed by atoms with van der Waals surface area (Å²) in [6, 6.07) is 4.35. The van der Waals surface area contributed by atoms with Crippen LogP contribution >= 0.6 is 27.5 Å². The summed E-state index contributed by atoms with van der Waals surface area (Å²) < 4.78 is 16.4. The van der Waals surface area contributed by atoms with Crippen molar-refractivity contribution in [1.29, 1.82) is 0 Å². The van der Waals surface area contributed by atoms with Crippen LogP contribution in [0.5, 0.6) is 0 Å².